The van der Waals surface area contributed by atoms with Crippen LogP contribution >= 0.6 is 0 Å². The highest BCUT2D eigenvalue weighted by Gasteiger charge is 2.56. The summed E-state index contributed by atoms with van der Waals surface area (Å²) in [7, 11) is 0. The molecular weight excluding hydrogens is 393 g/mol. The lowest BCUT2D eigenvalue weighted by molar-refractivity contribution is -0.187. The van der Waals surface area contributed by atoms with Crippen molar-refractivity contribution in [2.45, 2.75) is 51.6 Å². The highest BCUT2D eigenvalue weighted by molar-refractivity contribution is 5.79. The lowest BCUT2D eigenvalue weighted by Gasteiger charge is -2.41. The van der Waals surface area contributed by atoms with Crippen molar-refractivity contribution in [2.24, 2.45) is 17.8 Å². The van der Waals surface area contributed by atoms with Gasteiger partial charge in [0.05, 0.1) is 0 Å². The van der Waals surface area contributed by atoms with Crippen LogP contribution in [-0.2, 0) is 10.2 Å². The summed E-state index contributed by atoms with van der Waals surface area (Å²) in [5.41, 5.74) is 2.04. The fourth-order valence-electron chi connectivity index (χ4n) is 4.83. The van der Waals surface area contributed by atoms with Crippen LogP contribution in [0.5, 0.6) is 0 Å². The lowest BCUT2D eigenvalue weighted by atomic mass is 9.74. The van der Waals surface area contributed by atoms with E-state index in [1.165, 1.54) is 10.5 Å². The quantitative estimate of drug-likeness (QED) is 0.793. The molecule has 162 valence electrons. The van der Waals surface area contributed by atoms with E-state index in [4.69, 9.17) is 0 Å². The van der Waals surface area contributed by atoms with E-state index in [9.17, 15) is 18.0 Å². The van der Waals surface area contributed by atoms with E-state index in [0.717, 1.165) is 37.0 Å². The number of halogens is 3. The van der Waals surface area contributed by atoms with Gasteiger partial charge in [-0.1, -0.05) is 36.8 Å². The maximum atomic E-state index is 12.9. The number of carbonyl (C=O) groups excluding carboxylic acids is 1. The molecule has 1 N–H and O–H groups in total. The molecular formula is C22H27F3N4O. The molecule has 1 saturated carbocycles. The molecule has 1 saturated heterocycles. The summed E-state index contributed by atoms with van der Waals surface area (Å²) in [5.74, 6) is -0.824. The normalized spacial score (nSPS) is 24.5. The van der Waals surface area contributed by atoms with Gasteiger partial charge < -0.3 is 9.88 Å². The molecule has 2 aliphatic rings. The van der Waals surface area contributed by atoms with Gasteiger partial charge in [0, 0.05) is 24.1 Å². The molecule has 5 nitrogen and oxygen atoms in total. The van der Waals surface area contributed by atoms with Crippen molar-refractivity contribution in [3.63, 3.8) is 0 Å². The third kappa shape index (κ3) is 3.72. The van der Waals surface area contributed by atoms with Gasteiger partial charge in [-0.05, 0) is 44.9 Å². The van der Waals surface area contributed by atoms with Crippen LogP contribution in [0.3, 0.4) is 0 Å². The number of aryl methyl sites for hydroxylation is 1. The number of nitrogens with zero attached hydrogens (tertiary/aromatic N) is 3. The number of nitrogens with one attached hydrogen (secondary N) is 1. The summed E-state index contributed by atoms with van der Waals surface area (Å²) < 4.78 is 38.8. The number of aromatic amines is 1. The topological polar surface area (TPSA) is 61.9 Å². The van der Waals surface area contributed by atoms with Crippen LogP contribution in [-0.4, -0.2) is 45.3 Å². The van der Waals surface area contributed by atoms with Crippen LogP contribution < -0.4 is 0 Å². The number of carbonyl (C=O) groups is 1. The minimum Gasteiger partial charge on any atom is -0.342 e. The van der Waals surface area contributed by atoms with Gasteiger partial charge in [0.15, 0.2) is 5.82 Å². The number of aromatic nitrogens is 3. The van der Waals surface area contributed by atoms with Gasteiger partial charge in [-0.3, -0.25) is 4.79 Å². The SMILES string of the molecule is Cc1ccc(-c2nnc(C3([C@@H]4CCN(C(=O)[C@H](C)C(F)(F)F)C[C@@H]4C)CC3)[nH]2)cc1. The molecule has 1 aliphatic carbocycles. The molecule has 2 aromatic rings. The Labute approximate surface area is 174 Å². The number of hydrogen-bond donors (Lipinski definition) is 1. The Morgan fingerprint density at radius 1 is 1.23 bits per heavy atom. The van der Waals surface area contributed by atoms with E-state index in [1.807, 2.05) is 38.1 Å². The number of hydrogen-bond acceptors (Lipinski definition) is 3. The third-order valence-corrected chi connectivity index (χ3v) is 6.86. The Kier molecular flexibility index (Phi) is 5.14. The van der Waals surface area contributed by atoms with Crippen molar-refractivity contribution >= 4 is 5.91 Å². The molecule has 2 heterocycles. The Bertz CT molecular complexity index is 917. The number of alkyl halides is 3. The van der Waals surface area contributed by atoms with Gasteiger partial charge in [-0.2, -0.15) is 13.2 Å². The Hall–Kier alpha value is -2.38. The average Bonchev–Trinajstić information content (AvgIpc) is 3.35. The first-order valence-corrected chi connectivity index (χ1v) is 10.5. The molecule has 1 aromatic carbocycles. The van der Waals surface area contributed by atoms with E-state index in [0.29, 0.717) is 19.5 Å². The standard InChI is InChI=1S/C22H27F3N4O/c1-13-4-6-16(7-5-13)18-26-20(28-27-18)21(9-10-21)17-8-11-29(12-14(17)2)19(30)15(3)22(23,24)25/h4-7,14-15,17H,8-12H2,1-3H3,(H,26,27,28)/t14-,15-,17+/m0/s1. The van der Waals surface area contributed by atoms with Crippen molar-refractivity contribution in [3.8, 4) is 11.4 Å². The first-order chi connectivity index (χ1) is 14.1. The van der Waals surface area contributed by atoms with E-state index in [2.05, 4.69) is 15.2 Å². The molecule has 30 heavy (non-hydrogen) atoms. The highest BCUT2D eigenvalue weighted by atomic mass is 19.4. The van der Waals surface area contributed by atoms with Crippen LogP contribution in [0.2, 0.25) is 0 Å². The number of piperidine rings is 1. The Balaban J connectivity index is 1.48. The number of amides is 1. The summed E-state index contributed by atoms with van der Waals surface area (Å²) in [6.45, 7) is 5.71. The van der Waals surface area contributed by atoms with Crippen molar-refractivity contribution in [3.05, 3.63) is 35.7 Å². The zero-order valence-corrected chi connectivity index (χ0v) is 17.5. The van der Waals surface area contributed by atoms with Crippen LogP contribution in [0.1, 0.15) is 44.5 Å². The van der Waals surface area contributed by atoms with Gasteiger partial charge in [-0.25, -0.2) is 0 Å². The average molecular weight is 420 g/mol. The van der Waals surface area contributed by atoms with Crippen LogP contribution in [0, 0.1) is 24.7 Å². The molecule has 1 aromatic heterocycles. The van der Waals surface area contributed by atoms with Crippen LogP contribution in [0.4, 0.5) is 13.2 Å². The molecule has 0 unspecified atom stereocenters. The van der Waals surface area contributed by atoms with Crippen LogP contribution in [0.25, 0.3) is 11.4 Å². The molecule has 0 radical (unpaired) electrons. The fraction of sp³-hybridized carbons (Fsp3) is 0.591. The van der Waals surface area contributed by atoms with Gasteiger partial charge in [0.1, 0.15) is 11.7 Å². The van der Waals surface area contributed by atoms with Crippen molar-refractivity contribution < 1.29 is 18.0 Å². The molecule has 0 bridgehead atoms. The van der Waals surface area contributed by atoms with Gasteiger partial charge >= 0.3 is 6.18 Å². The number of benzene rings is 1. The van der Waals surface area contributed by atoms with Gasteiger partial charge in [-0.15, -0.1) is 10.2 Å². The van der Waals surface area contributed by atoms with E-state index >= 15 is 0 Å². The van der Waals surface area contributed by atoms with Crippen LogP contribution in [0.15, 0.2) is 24.3 Å². The minimum atomic E-state index is -4.50. The second-order valence-corrected chi connectivity index (χ2v) is 8.96. The summed E-state index contributed by atoms with van der Waals surface area (Å²) in [6.07, 6.45) is -1.85. The first-order valence-electron chi connectivity index (χ1n) is 10.5. The van der Waals surface area contributed by atoms with Gasteiger partial charge in [0.2, 0.25) is 5.91 Å². The first kappa shape index (κ1) is 20.9. The third-order valence-electron chi connectivity index (χ3n) is 6.86. The smallest absolute Gasteiger partial charge is 0.342 e. The maximum Gasteiger partial charge on any atom is 0.400 e. The van der Waals surface area contributed by atoms with Crippen molar-refractivity contribution in [1.29, 1.82) is 0 Å². The molecule has 1 amide bonds. The minimum absolute atomic E-state index is 0.0959. The predicted octanol–water partition coefficient (Wildman–Crippen LogP) is 4.49. The predicted molar refractivity (Wildman–Crippen MR) is 107 cm³/mol. The molecule has 8 heteroatoms. The lowest BCUT2D eigenvalue weighted by Crippen LogP contribution is -2.49. The highest BCUT2D eigenvalue weighted by Crippen LogP contribution is 2.57. The Morgan fingerprint density at radius 2 is 1.90 bits per heavy atom. The van der Waals surface area contributed by atoms with Gasteiger partial charge in [0.25, 0.3) is 0 Å². The second-order valence-electron chi connectivity index (χ2n) is 8.96. The molecule has 1 aliphatic heterocycles. The summed E-state index contributed by atoms with van der Waals surface area (Å²) >= 11 is 0. The van der Waals surface area contributed by atoms with E-state index in [-0.39, 0.29) is 17.3 Å². The summed E-state index contributed by atoms with van der Waals surface area (Å²) in [4.78, 5) is 17.1. The van der Waals surface area contributed by atoms with E-state index < -0.39 is 18.0 Å². The second kappa shape index (κ2) is 7.39. The van der Waals surface area contributed by atoms with Crippen molar-refractivity contribution in [2.75, 3.05) is 13.1 Å². The fourth-order valence-corrected chi connectivity index (χ4v) is 4.83. The monoisotopic (exact) mass is 420 g/mol. The summed E-state index contributed by atoms with van der Waals surface area (Å²) in [5, 5.41) is 8.78. The largest absolute Gasteiger partial charge is 0.400 e. The molecule has 4 rings (SSSR count). The molecule has 2 fully saturated rings. The zero-order valence-electron chi connectivity index (χ0n) is 17.5. The molecule has 3 atom stereocenters. The zero-order chi connectivity index (χ0) is 21.7. The van der Waals surface area contributed by atoms with Crippen molar-refractivity contribution in [1.82, 2.24) is 20.1 Å². The number of H-pyrrole nitrogens is 1. The molecule has 0 spiro atoms. The summed E-state index contributed by atoms with van der Waals surface area (Å²) in [6, 6.07) is 8.07. The Morgan fingerprint density at radius 3 is 2.47 bits per heavy atom. The number of likely N-dealkylation sites (tertiary alicyclic amines) is 1. The number of rotatable bonds is 4. The maximum absolute atomic E-state index is 12.9. The van der Waals surface area contributed by atoms with E-state index in [1.54, 1.807) is 0 Å².